The van der Waals surface area contributed by atoms with Crippen molar-refractivity contribution in [2.24, 2.45) is 5.41 Å². The molecule has 3 amide bonds. The van der Waals surface area contributed by atoms with E-state index in [1.165, 1.54) is 6.42 Å². The maximum atomic E-state index is 12.8. The minimum absolute atomic E-state index is 0.117. The van der Waals surface area contributed by atoms with E-state index >= 15 is 0 Å². The first-order valence-electron chi connectivity index (χ1n) is 9.63. The molecule has 3 aliphatic rings. The van der Waals surface area contributed by atoms with E-state index in [0.717, 1.165) is 30.8 Å². The standard InChI is InChI=1S/C20H26N4O3/c1-20(6-7-21-11-20)12-22-9-13-2-3-14-10-24(19(27)15(14)8-13)16-4-5-17(25)23-18(16)26/h2-3,8,16,21-22H,4-7,9-12H2,1H3,(H,23,25,26). The topological polar surface area (TPSA) is 90.5 Å². The van der Waals surface area contributed by atoms with Crippen molar-refractivity contribution in [3.05, 3.63) is 34.9 Å². The summed E-state index contributed by atoms with van der Waals surface area (Å²) in [6.07, 6.45) is 1.84. The molecule has 1 aromatic rings. The molecule has 144 valence electrons. The molecular formula is C20H26N4O3. The zero-order valence-corrected chi connectivity index (χ0v) is 15.6. The molecule has 3 N–H and O–H groups in total. The van der Waals surface area contributed by atoms with Crippen LogP contribution in [0.2, 0.25) is 0 Å². The van der Waals surface area contributed by atoms with Crippen molar-refractivity contribution in [1.29, 1.82) is 0 Å². The van der Waals surface area contributed by atoms with Gasteiger partial charge in [-0.1, -0.05) is 19.1 Å². The fraction of sp³-hybridized carbons (Fsp3) is 0.550. The van der Waals surface area contributed by atoms with Gasteiger partial charge in [0.2, 0.25) is 11.8 Å². The van der Waals surface area contributed by atoms with Crippen molar-refractivity contribution < 1.29 is 14.4 Å². The Morgan fingerprint density at radius 1 is 1.30 bits per heavy atom. The van der Waals surface area contributed by atoms with Crippen LogP contribution in [0.25, 0.3) is 0 Å². The molecule has 7 heteroatoms. The molecule has 0 aromatic heterocycles. The Hall–Kier alpha value is -2.25. The van der Waals surface area contributed by atoms with Crippen LogP contribution in [0.15, 0.2) is 18.2 Å². The van der Waals surface area contributed by atoms with Crippen molar-refractivity contribution >= 4 is 17.7 Å². The predicted molar refractivity (Wildman–Crippen MR) is 99.8 cm³/mol. The highest BCUT2D eigenvalue weighted by atomic mass is 16.2. The SMILES string of the molecule is CC1(CNCc2ccc3c(c2)C(=O)N(C2CCC(=O)NC2=O)C3)CCNC1. The summed E-state index contributed by atoms with van der Waals surface area (Å²) in [5, 5.41) is 9.25. The zero-order valence-electron chi connectivity index (χ0n) is 15.6. The first-order chi connectivity index (χ1) is 13.0. The summed E-state index contributed by atoms with van der Waals surface area (Å²) < 4.78 is 0. The molecule has 0 spiro atoms. The van der Waals surface area contributed by atoms with Gasteiger partial charge < -0.3 is 15.5 Å². The van der Waals surface area contributed by atoms with E-state index in [1.807, 2.05) is 18.2 Å². The van der Waals surface area contributed by atoms with Gasteiger partial charge in [0.25, 0.3) is 5.91 Å². The second-order valence-corrected chi connectivity index (χ2v) is 8.23. The normalized spacial score (nSPS) is 27.8. The predicted octanol–water partition coefficient (Wildman–Crippen LogP) is 0.537. The number of piperidine rings is 1. The van der Waals surface area contributed by atoms with Gasteiger partial charge in [-0.25, -0.2) is 0 Å². The van der Waals surface area contributed by atoms with Gasteiger partial charge in [-0.3, -0.25) is 19.7 Å². The van der Waals surface area contributed by atoms with E-state index in [1.54, 1.807) is 4.90 Å². The average molecular weight is 370 g/mol. The van der Waals surface area contributed by atoms with E-state index in [2.05, 4.69) is 22.9 Å². The second-order valence-electron chi connectivity index (χ2n) is 8.23. The molecule has 2 saturated heterocycles. The van der Waals surface area contributed by atoms with E-state index < -0.39 is 6.04 Å². The van der Waals surface area contributed by atoms with Crippen molar-refractivity contribution in [2.75, 3.05) is 19.6 Å². The largest absolute Gasteiger partial charge is 0.322 e. The van der Waals surface area contributed by atoms with Crippen LogP contribution < -0.4 is 16.0 Å². The Balaban J connectivity index is 1.40. The van der Waals surface area contributed by atoms with E-state index in [9.17, 15) is 14.4 Å². The quantitative estimate of drug-likeness (QED) is 0.658. The molecule has 7 nitrogen and oxygen atoms in total. The number of benzene rings is 1. The Kier molecular flexibility index (Phi) is 4.74. The number of imide groups is 1. The monoisotopic (exact) mass is 370 g/mol. The number of hydrogen-bond acceptors (Lipinski definition) is 5. The van der Waals surface area contributed by atoms with Crippen LogP contribution in [0.5, 0.6) is 0 Å². The summed E-state index contributed by atoms with van der Waals surface area (Å²) in [5.41, 5.74) is 2.98. The van der Waals surface area contributed by atoms with Crippen molar-refractivity contribution in [2.45, 2.75) is 45.3 Å². The van der Waals surface area contributed by atoms with Gasteiger partial charge in [-0.05, 0) is 42.0 Å². The van der Waals surface area contributed by atoms with E-state index in [-0.39, 0.29) is 29.6 Å². The maximum Gasteiger partial charge on any atom is 0.255 e. The Morgan fingerprint density at radius 2 is 2.15 bits per heavy atom. The summed E-state index contributed by atoms with van der Waals surface area (Å²) in [5.74, 6) is -0.749. The van der Waals surface area contributed by atoms with Crippen molar-refractivity contribution in [1.82, 2.24) is 20.9 Å². The molecule has 1 aromatic carbocycles. The van der Waals surface area contributed by atoms with Crippen LogP contribution in [-0.4, -0.2) is 48.3 Å². The molecule has 0 aliphatic carbocycles. The molecular weight excluding hydrogens is 344 g/mol. The van der Waals surface area contributed by atoms with Gasteiger partial charge in [-0.2, -0.15) is 0 Å². The minimum atomic E-state index is -0.556. The fourth-order valence-electron chi connectivity index (χ4n) is 4.24. The fourth-order valence-corrected chi connectivity index (χ4v) is 4.24. The average Bonchev–Trinajstić information content (AvgIpc) is 3.20. The van der Waals surface area contributed by atoms with Crippen LogP contribution in [0.1, 0.15) is 47.7 Å². The van der Waals surface area contributed by atoms with Gasteiger partial charge in [0.05, 0.1) is 0 Å². The van der Waals surface area contributed by atoms with Crippen LogP contribution >= 0.6 is 0 Å². The Labute approximate surface area is 158 Å². The summed E-state index contributed by atoms with van der Waals surface area (Å²) in [7, 11) is 0. The highest BCUT2D eigenvalue weighted by molar-refractivity contribution is 6.05. The number of amides is 3. The summed E-state index contributed by atoms with van der Waals surface area (Å²) in [4.78, 5) is 37.9. The summed E-state index contributed by atoms with van der Waals surface area (Å²) in [6, 6.07) is 5.40. The zero-order chi connectivity index (χ0) is 19.0. The van der Waals surface area contributed by atoms with Crippen LogP contribution in [-0.2, 0) is 22.7 Å². The second kappa shape index (κ2) is 7.05. The molecule has 2 unspecified atom stereocenters. The molecule has 3 heterocycles. The third-order valence-electron chi connectivity index (χ3n) is 5.93. The van der Waals surface area contributed by atoms with Crippen molar-refractivity contribution in [3.8, 4) is 0 Å². The van der Waals surface area contributed by atoms with Crippen LogP contribution in [0.4, 0.5) is 0 Å². The summed E-state index contributed by atoms with van der Waals surface area (Å²) in [6.45, 7) is 6.47. The molecule has 0 bridgehead atoms. The Bertz CT molecular complexity index is 785. The lowest BCUT2D eigenvalue weighted by atomic mass is 9.90. The van der Waals surface area contributed by atoms with Gasteiger partial charge in [0.1, 0.15) is 6.04 Å². The Morgan fingerprint density at radius 3 is 2.89 bits per heavy atom. The maximum absolute atomic E-state index is 12.8. The molecule has 0 saturated carbocycles. The first kappa shape index (κ1) is 18.1. The third-order valence-corrected chi connectivity index (χ3v) is 5.93. The number of fused-ring (bicyclic) bond motifs is 1. The molecule has 4 rings (SSSR count). The number of carbonyl (C=O) groups excluding carboxylic acids is 3. The lowest BCUT2D eigenvalue weighted by molar-refractivity contribution is -0.136. The van der Waals surface area contributed by atoms with Gasteiger partial charge in [-0.15, -0.1) is 0 Å². The number of hydrogen-bond donors (Lipinski definition) is 3. The molecule has 27 heavy (non-hydrogen) atoms. The number of nitrogens with zero attached hydrogens (tertiary/aromatic N) is 1. The molecule has 2 fully saturated rings. The third kappa shape index (κ3) is 3.61. The lowest BCUT2D eigenvalue weighted by Crippen LogP contribution is -2.52. The first-order valence-corrected chi connectivity index (χ1v) is 9.63. The smallest absolute Gasteiger partial charge is 0.255 e. The molecule has 0 radical (unpaired) electrons. The van der Waals surface area contributed by atoms with Crippen molar-refractivity contribution in [3.63, 3.8) is 0 Å². The van der Waals surface area contributed by atoms with Gasteiger partial charge in [0, 0.05) is 38.2 Å². The summed E-state index contributed by atoms with van der Waals surface area (Å²) >= 11 is 0. The molecule has 2 atom stereocenters. The van der Waals surface area contributed by atoms with Crippen LogP contribution in [0, 0.1) is 5.41 Å². The van der Waals surface area contributed by atoms with E-state index in [0.29, 0.717) is 25.1 Å². The molecule has 3 aliphatic heterocycles. The minimum Gasteiger partial charge on any atom is -0.322 e. The highest BCUT2D eigenvalue weighted by Crippen LogP contribution is 2.28. The number of nitrogens with one attached hydrogen (secondary N) is 3. The highest BCUT2D eigenvalue weighted by Gasteiger charge is 2.39. The number of carbonyl (C=O) groups is 3. The van der Waals surface area contributed by atoms with E-state index in [4.69, 9.17) is 0 Å². The lowest BCUT2D eigenvalue weighted by Gasteiger charge is -2.29. The number of rotatable bonds is 5. The van der Waals surface area contributed by atoms with Gasteiger partial charge >= 0.3 is 0 Å². The van der Waals surface area contributed by atoms with Crippen LogP contribution in [0.3, 0.4) is 0 Å². The van der Waals surface area contributed by atoms with Gasteiger partial charge in [0.15, 0.2) is 0 Å².